The number of furan rings is 1. The zero-order valence-corrected chi connectivity index (χ0v) is 18.0. The summed E-state index contributed by atoms with van der Waals surface area (Å²) in [7, 11) is 0. The lowest BCUT2D eigenvalue weighted by molar-refractivity contribution is -0.231. The van der Waals surface area contributed by atoms with Gasteiger partial charge in [0.1, 0.15) is 36.1 Å². The normalized spacial score (nSPS) is 26.5. The number of hydrogen-bond acceptors (Lipinski definition) is 6. The van der Waals surface area contributed by atoms with Crippen LogP contribution in [0.2, 0.25) is 5.02 Å². The maximum absolute atomic E-state index is 10.6. The molecule has 1 aliphatic heterocycles. The second kappa shape index (κ2) is 9.28. The monoisotopic (exact) mass is 446 g/mol. The number of aliphatic hydroxyl groups excluding tert-OH is 4. The fourth-order valence-electron chi connectivity index (χ4n) is 4.23. The van der Waals surface area contributed by atoms with Crippen LogP contribution in [0.15, 0.2) is 47.1 Å². The molecule has 0 spiro atoms. The quantitative estimate of drug-likeness (QED) is 0.464. The van der Waals surface area contributed by atoms with Crippen molar-refractivity contribution in [3.05, 3.63) is 69.9 Å². The van der Waals surface area contributed by atoms with E-state index in [-0.39, 0.29) is 0 Å². The second-order valence-corrected chi connectivity index (χ2v) is 8.47. The molecule has 0 saturated carbocycles. The Kier molecular flexibility index (Phi) is 6.67. The zero-order chi connectivity index (χ0) is 22.1. The van der Waals surface area contributed by atoms with Gasteiger partial charge in [-0.05, 0) is 41.7 Å². The van der Waals surface area contributed by atoms with Crippen molar-refractivity contribution in [1.29, 1.82) is 0 Å². The molecule has 0 amide bonds. The third-order valence-electron chi connectivity index (χ3n) is 5.93. The molecule has 166 valence electrons. The molecular weight excluding hydrogens is 420 g/mol. The van der Waals surface area contributed by atoms with Crippen molar-refractivity contribution in [2.24, 2.45) is 0 Å². The van der Waals surface area contributed by atoms with Crippen LogP contribution < -0.4 is 0 Å². The number of halogens is 1. The smallest absolute Gasteiger partial charge is 0.141 e. The van der Waals surface area contributed by atoms with Gasteiger partial charge in [0.05, 0.1) is 17.9 Å². The fraction of sp³-hybridized carbons (Fsp3) is 0.417. The molecule has 0 aliphatic carbocycles. The van der Waals surface area contributed by atoms with Crippen LogP contribution in [0.3, 0.4) is 0 Å². The molecule has 3 aromatic rings. The highest BCUT2D eigenvalue weighted by Gasteiger charge is 2.45. The van der Waals surface area contributed by atoms with Gasteiger partial charge in [0, 0.05) is 10.9 Å². The van der Waals surface area contributed by atoms with Crippen molar-refractivity contribution in [3.8, 4) is 0 Å². The van der Waals surface area contributed by atoms with Gasteiger partial charge in [-0.25, -0.2) is 0 Å². The van der Waals surface area contributed by atoms with E-state index in [9.17, 15) is 20.4 Å². The fourth-order valence-corrected chi connectivity index (χ4v) is 4.50. The number of benzene rings is 2. The van der Waals surface area contributed by atoms with Gasteiger partial charge in [0.2, 0.25) is 0 Å². The Hall–Kier alpha value is -1.93. The van der Waals surface area contributed by atoms with Crippen LogP contribution in [-0.2, 0) is 17.6 Å². The Morgan fingerprint density at radius 3 is 2.35 bits per heavy atom. The third-order valence-corrected chi connectivity index (χ3v) is 6.38. The standard InChI is InChI=1S/C24H27ClO6/c1-2-3-13-4-6-14(7-5-13)10-15-11-17(23-16(19(15)25)8-9-30-23)24-22(29)21(28)20(27)18(12-26)31-24/h4-9,11,18,20-22,24,26-29H,2-3,10,12H2,1H3/t18-,20-,21+,22-,24+/m1/s1. The van der Waals surface area contributed by atoms with E-state index in [1.165, 1.54) is 11.8 Å². The van der Waals surface area contributed by atoms with Crippen LogP contribution in [0.1, 0.15) is 41.7 Å². The van der Waals surface area contributed by atoms with Crippen molar-refractivity contribution in [3.63, 3.8) is 0 Å². The van der Waals surface area contributed by atoms with Crippen LogP contribution in [0, 0.1) is 0 Å². The molecule has 4 rings (SSSR count). The summed E-state index contributed by atoms with van der Waals surface area (Å²) in [5.74, 6) is 0. The Morgan fingerprint density at radius 2 is 1.68 bits per heavy atom. The first-order valence-corrected chi connectivity index (χ1v) is 10.9. The van der Waals surface area contributed by atoms with Crippen LogP contribution in [0.25, 0.3) is 11.0 Å². The minimum Gasteiger partial charge on any atom is -0.464 e. The van der Waals surface area contributed by atoms with E-state index in [2.05, 4.69) is 31.2 Å². The molecule has 1 aliphatic rings. The number of aliphatic hydroxyl groups is 4. The first-order valence-electron chi connectivity index (χ1n) is 10.5. The van der Waals surface area contributed by atoms with Gasteiger partial charge in [-0.1, -0.05) is 49.2 Å². The second-order valence-electron chi connectivity index (χ2n) is 8.10. The van der Waals surface area contributed by atoms with Crippen LogP contribution in [0.5, 0.6) is 0 Å². The molecule has 0 radical (unpaired) electrons. The highest BCUT2D eigenvalue weighted by atomic mass is 35.5. The minimum atomic E-state index is -1.47. The van der Waals surface area contributed by atoms with E-state index in [4.69, 9.17) is 20.8 Å². The maximum Gasteiger partial charge on any atom is 0.141 e. The molecule has 0 bridgehead atoms. The van der Waals surface area contributed by atoms with E-state index >= 15 is 0 Å². The summed E-state index contributed by atoms with van der Waals surface area (Å²) in [5.41, 5.74) is 4.15. The lowest BCUT2D eigenvalue weighted by Crippen LogP contribution is -2.55. The molecule has 5 atom stereocenters. The Labute approximate surface area is 185 Å². The van der Waals surface area contributed by atoms with Gasteiger partial charge in [0.15, 0.2) is 0 Å². The lowest BCUT2D eigenvalue weighted by Gasteiger charge is -2.40. The van der Waals surface area contributed by atoms with E-state index in [1.807, 2.05) is 0 Å². The Balaban J connectivity index is 1.73. The van der Waals surface area contributed by atoms with E-state index in [0.717, 1.165) is 24.0 Å². The number of fused-ring (bicyclic) bond motifs is 1. The average Bonchev–Trinajstić information content (AvgIpc) is 3.27. The van der Waals surface area contributed by atoms with Crippen LogP contribution in [0.4, 0.5) is 0 Å². The number of ether oxygens (including phenoxy) is 1. The average molecular weight is 447 g/mol. The molecule has 1 saturated heterocycles. The third kappa shape index (κ3) is 4.24. The molecule has 31 heavy (non-hydrogen) atoms. The van der Waals surface area contributed by atoms with E-state index in [1.54, 1.807) is 12.1 Å². The number of aryl methyl sites for hydroxylation is 1. The summed E-state index contributed by atoms with van der Waals surface area (Å²) >= 11 is 6.68. The predicted octanol–water partition coefficient (Wildman–Crippen LogP) is 3.14. The van der Waals surface area contributed by atoms with Gasteiger partial charge in [-0.2, -0.15) is 0 Å². The summed E-state index contributed by atoms with van der Waals surface area (Å²) in [6, 6.07) is 11.9. The largest absolute Gasteiger partial charge is 0.464 e. The molecule has 4 N–H and O–H groups in total. The molecule has 7 heteroatoms. The first kappa shape index (κ1) is 22.3. The first-order chi connectivity index (χ1) is 14.9. The van der Waals surface area contributed by atoms with Gasteiger partial charge in [-0.15, -0.1) is 0 Å². The SMILES string of the molecule is CCCc1ccc(Cc2cc([C@@H]3O[C@H](CO)[C@@H](O)[C@H](O)[C@H]3O)c3occc3c2Cl)cc1. The molecule has 1 fully saturated rings. The van der Waals surface area contributed by atoms with Gasteiger partial charge < -0.3 is 29.6 Å². The zero-order valence-electron chi connectivity index (χ0n) is 17.2. The van der Waals surface area contributed by atoms with Crippen molar-refractivity contribution < 1.29 is 29.6 Å². The predicted molar refractivity (Wildman–Crippen MR) is 117 cm³/mol. The van der Waals surface area contributed by atoms with Gasteiger partial charge in [0.25, 0.3) is 0 Å². The Morgan fingerprint density at radius 1 is 0.968 bits per heavy atom. The highest BCUT2D eigenvalue weighted by molar-refractivity contribution is 6.36. The molecule has 0 unspecified atom stereocenters. The maximum atomic E-state index is 10.6. The molecule has 2 aromatic carbocycles. The summed E-state index contributed by atoms with van der Waals surface area (Å²) in [6.45, 7) is 1.65. The van der Waals surface area contributed by atoms with Crippen LogP contribution >= 0.6 is 11.6 Å². The van der Waals surface area contributed by atoms with Crippen molar-refractivity contribution in [2.75, 3.05) is 6.61 Å². The summed E-state index contributed by atoms with van der Waals surface area (Å²) in [4.78, 5) is 0. The number of hydrogen-bond donors (Lipinski definition) is 4. The topological polar surface area (TPSA) is 103 Å². The minimum absolute atomic E-state index is 0.441. The van der Waals surface area contributed by atoms with Gasteiger partial charge >= 0.3 is 0 Å². The molecule has 1 aromatic heterocycles. The van der Waals surface area contributed by atoms with E-state index in [0.29, 0.717) is 28.0 Å². The van der Waals surface area contributed by atoms with Crippen LogP contribution in [-0.4, -0.2) is 51.4 Å². The highest BCUT2D eigenvalue weighted by Crippen LogP contribution is 2.40. The summed E-state index contributed by atoms with van der Waals surface area (Å²) in [5, 5.41) is 41.7. The Bertz CT molecular complexity index is 1030. The molecule has 2 heterocycles. The summed E-state index contributed by atoms with van der Waals surface area (Å²) < 4.78 is 11.4. The summed E-state index contributed by atoms with van der Waals surface area (Å²) in [6.07, 6.45) is -2.08. The van der Waals surface area contributed by atoms with E-state index < -0.39 is 37.1 Å². The van der Waals surface area contributed by atoms with Crippen molar-refractivity contribution >= 4 is 22.6 Å². The van der Waals surface area contributed by atoms with Crippen molar-refractivity contribution in [1.82, 2.24) is 0 Å². The lowest BCUT2D eigenvalue weighted by atomic mass is 9.89. The molecule has 6 nitrogen and oxygen atoms in total. The van der Waals surface area contributed by atoms with Crippen molar-refractivity contribution in [2.45, 2.75) is 56.7 Å². The molecular formula is C24H27ClO6. The van der Waals surface area contributed by atoms with Gasteiger partial charge in [-0.3, -0.25) is 0 Å². The number of rotatable bonds is 6.